The topological polar surface area (TPSA) is 52.6 Å². The van der Waals surface area contributed by atoms with Gasteiger partial charge in [0.15, 0.2) is 0 Å². The van der Waals surface area contributed by atoms with Crippen molar-refractivity contribution in [3.05, 3.63) is 23.3 Å². The summed E-state index contributed by atoms with van der Waals surface area (Å²) in [5.74, 6) is 2.99. The largest absolute Gasteiger partial charge is 0.463 e. The third-order valence-corrected chi connectivity index (χ3v) is 11.1. The van der Waals surface area contributed by atoms with E-state index in [0.717, 1.165) is 32.1 Å². The average molecular weight is 499 g/mol. The molecular formula is C32H50O4. The van der Waals surface area contributed by atoms with Gasteiger partial charge in [0, 0.05) is 19.8 Å². The maximum atomic E-state index is 12.2. The highest BCUT2D eigenvalue weighted by molar-refractivity contribution is 5.66. The number of carbonyl (C=O) groups excluding carboxylic acids is 2. The van der Waals surface area contributed by atoms with E-state index >= 15 is 0 Å². The smallest absolute Gasteiger partial charge is 0.302 e. The first-order valence-corrected chi connectivity index (χ1v) is 14.6. The Morgan fingerprint density at radius 1 is 1.00 bits per heavy atom. The lowest BCUT2D eigenvalue weighted by molar-refractivity contribution is -0.168. The lowest BCUT2D eigenvalue weighted by atomic mass is 9.47. The lowest BCUT2D eigenvalue weighted by Crippen LogP contribution is -2.54. The van der Waals surface area contributed by atoms with Crippen LogP contribution >= 0.6 is 0 Å². The summed E-state index contributed by atoms with van der Waals surface area (Å²) in [6.07, 6.45) is 13.4. The molecule has 0 spiro atoms. The van der Waals surface area contributed by atoms with Gasteiger partial charge in [-0.15, -0.1) is 0 Å². The van der Waals surface area contributed by atoms with Crippen molar-refractivity contribution in [2.24, 2.45) is 46.3 Å². The van der Waals surface area contributed by atoms with Crippen LogP contribution in [0, 0.1) is 46.3 Å². The van der Waals surface area contributed by atoms with Crippen molar-refractivity contribution in [3.63, 3.8) is 0 Å². The van der Waals surface area contributed by atoms with Crippen LogP contribution in [0.4, 0.5) is 0 Å². The minimum Gasteiger partial charge on any atom is -0.463 e. The molecule has 0 bridgehead atoms. The molecule has 9 atom stereocenters. The van der Waals surface area contributed by atoms with Gasteiger partial charge in [-0.05, 0) is 98.7 Å². The van der Waals surface area contributed by atoms with Gasteiger partial charge in [0.2, 0.25) is 0 Å². The van der Waals surface area contributed by atoms with E-state index in [1.54, 1.807) is 11.1 Å². The lowest BCUT2D eigenvalue weighted by Gasteiger charge is -2.58. The van der Waals surface area contributed by atoms with Crippen LogP contribution in [0.5, 0.6) is 0 Å². The molecule has 0 aromatic heterocycles. The second kappa shape index (κ2) is 10.3. The second-order valence-corrected chi connectivity index (χ2v) is 13.5. The molecule has 0 saturated heterocycles. The van der Waals surface area contributed by atoms with E-state index in [0.29, 0.717) is 29.6 Å². The highest BCUT2D eigenvalue weighted by Gasteiger charge is 2.60. The Balaban J connectivity index is 1.62. The summed E-state index contributed by atoms with van der Waals surface area (Å²) >= 11 is 0. The first kappa shape index (κ1) is 27.5. The van der Waals surface area contributed by atoms with Crippen molar-refractivity contribution in [2.75, 3.05) is 0 Å². The van der Waals surface area contributed by atoms with Crippen LogP contribution in [0.1, 0.15) is 107 Å². The van der Waals surface area contributed by atoms with Crippen molar-refractivity contribution in [1.82, 2.24) is 0 Å². The number of carbonyl (C=O) groups is 2. The Labute approximate surface area is 219 Å². The molecule has 3 fully saturated rings. The number of rotatable bonds is 6. The van der Waals surface area contributed by atoms with Crippen molar-refractivity contribution in [2.45, 2.75) is 119 Å². The molecule has 3 saturated carbocycles. The van der Waals surface area contributed by atoms with Crippen LogP contribution in [-0.4, -0.2) is 24.1 Å². The first-order valence-electron chi connectivity index (χ1n) is 14.6. The summed E-state index contributed by atoms with van der Waals surface area (Å²) in [5, 5.41) is 0. The van der Waals surface area contributed by atoms with Gasteiger partial charge in [0.25, 0.3) is 0 Å². The Morgan fingerprint density at radius 2 is 1.69 bits per heavy atom. The summed E-state index contributed by atoms with van der Waals surface area (Å²) in [5.41, 5.74) is 3.49. The maximum Gasteiger partial charge on any atom is 0.302 e. The fourth-order valence-electron chi connectivity index (χ4n) is 8.73. The molecule has 36 heavy (non-hydrogen) atoms. The van der Waals surface area contributed by atoms with Crippen molar-refractivity contribution < 1.29 is 19.1 Å². The highest BCUT2D eigenvalue weighted by Crippen LogP contribution is 2.66. The van der Waals surface area contributed by atoms with Gasteiger partial charge in [-0.3, -0.25) is 9.59 Å². The van der Waals surface area contributed by atoms with Gasteiger partial charge in [-0.25, -0.2) is 0 Å². The Morgan fingerprint density at radius 3 is 2.33 bits per heavy atom. The molecule has 0 aromatic carbocycles. The van der Waals surface area contributed by atoms with E-state index in [9.17, 15) is 9.59 Å². The molecule has 0 amide bonds. The normalized spacial score (nSPS) is 41.0. The highest BCUT2D eigenvalue weighted by atomic mass is 16.5. The van der Waals surface area contributed by atoms with Gasteiger partial charge in [-0.1, -0.05) is 57.9 Å². The van der Waals surface area contributed by atoms with Crippen LogP contribution in [0.25, 0.3) is 0 Å². The fourth-order valence-corrected chi connectivity index (χ4v) is 8.73. The van der Waals surface area contributed by atoms with E-state index in [4.69, 9.17) is 9.47 Å². The minimum absolute atomic E-state index is 0.0106. The molecule has 1 unspecified atom stereocenters. The van der Waals surface area contributed by atoms with Crippen molar-refractivity contribution in [1.29, 1.82) is 0 Å². The fraction of sp³-hybridized carbons (Fsp3) is 0.812. The predicted octanol–water partition coefficient (Wildman–Crippen LogP) is 7.67. The van der Waals surface area contributed by atoms with E-state index < -0.39 is 0 Å². The van der Waals surface area contributed by atoms with Gasteiger partial charge in [0.1, 0.15) is 12.2 Å². The van der Waals surface area contributed by atoms with Crippen LogP contribution in [0.15, 0.2) is 23.3 Å². The van der Waals surface area contributed by atoms with E-state index in [1.165, 1.54) is 33.1 Å². The second-order valence-electron chi connectivity index (χ2n) is 13.5. The predicted molar refractivity (Wildman–Crippen MR) is 144 cm³/mol. The van der Waals surface area contributed by atoms with E-state index in [-0.39, 0.29) is 40.9 Å². The number of allylic oxidation sites excluding steroid dienone is 4. The summed E-state index contributed by atoms with van der Waals surface area (Å²) in [6, 6.07) is 0. The Kier molecular flexibility index (Phi) is 7.85. The van der Waals surface area contributed by atoms with Crippen LogP contribution in [0.3, 0.4) is 0 Å². The molecule has 0 heterocycles. The zero-order valence-electron chi connectivity index (χ0n) is 24.1. The van der Waals surface area contributed by atoms with Gasteiger partial charge < -0.3 is 9.47 Å². The molecule has 202 valence electrons. The molecule has 4 rings (SSSR count). The van der Waals surface area contributed by atoms with E-state index in [1.807, 2.05) is 0 Å². The molecular weight excluding hydrogens is 448 g/mol. The summed E-state index contributed by atoms with van der Waals surface area (Å²) < 4.78 is 11.7. The number of hydrogen-bond donors (Lipinski definition) is 0. The molecule has 0 aromatic rings. The number of hydrogen-bond acceptors (Lipinski definition) is 4. The Hall–Kier alpha value is -1.58. The van der Waals surface area contributed by atoms with Crippen LogP contribution < -0.4 is 0 Å². The third-order valence-electron chi connectivity index (χ3n) is 11.1. The number of esters is 2. The molecule has 4 nitrogen and oxygen atoms in total. The van der Waals surface area contributed by atoms with Gasteiger partial charge in [-0.2, -0.15) is 0 Å². The van der Waals surface area contributed by atoms with E-state index in [2.05, 4.69) is 53.7 Å². The van der Waals surface area contributed by atoms with Crippen molar-refractivity contribution in [3.8, 4) is 0 Å². The zero-order valence-corrected chi connectivity index (χ0v) is 24.1. The SMILES string of the molecule is CC(=O)OC1C[C@@H]2C(=CC[C@]3(C)[C@@H](/C(C)=C/C[C@H](C)C(C)C)CC[C@@H]23)[C@@]2(C)CC[C@H](OC(C)=O)C[C@H]12. The molecule has 4 heteroatoms. The molecule has 4 aliphatic rings. The molecule has 0 N–H and O–H groups in total. The minimum atomic E-state index is -0.211. The molecule has 0 aliphatic heterocycles. The maximum absolute atomic E-state index is 12.2. The Bertz CT molecular complexity index is 915. The zero-order chi connectivity index (χ0) is 26.4. The standard InChI is InChI=1S/C32H50O4/c1-19(2)20(3)9-10-21(4)26-11-12-27-25-18-30(36-23(6)34)29-17-24(35-22(5)33)13-15-32(29,8)28(25)14-16-31(26,27)7/h10,14,19-20,24-27,29-30H,9,11-13,15-18H2,1-8H3/b21-10+/t20-,24-,25-,26+,27-,29+,30?,31+,32+/m0/s1. The molecule has 0 radical (unpaired) electrons. The first-order chi connectivity index (χ1) is 16.9. The third kappa shape index (κ3) is 4.95. The molecule has 4 aliphatic carbocycles. The summed E-state index contributed by atoms with van der Waals surface area (Å²) in [4.78, 5) is 23.9. The van der Waals surface area contributed by atoms with Crippen molar-refractivity contribution >= 4 is 11.9 Å². The summed E-state index contributed by atoms with van der Waals surface area (Å²) in [7, 11) is 0. The monoisotopic (exact) mass is 498 g/mol. The van der Waals surface area contributed by atoms with Gasteiger partial charge in [0.05, 0.1) is 0 Å². The number of fused-ring (bicyclic) bond motifs is 5. The average Bonchev–Trinajstić information content (AvgIpc) is 3.14. The quantitative estimate of drug-likeness (QED) is 0.278. The van der Waals surface area contributed by atoms with Gasteiger partial charge >= 0.3 is 11.9 Å². The summed E-state index contributed by atoms with van der Waals surface area (Å²) in [6.45, 7) is 17.4. The van der Waals surface area contributed by atoms with Crippen LogP contribution in [0.2, 0.25) is 0 Å². The van der Waals surface area contributed by atoms with Crippen LogP contribution in [-0.2, 0) is 19.1 Å². The number of ether oxygens (including phenoxy) is 2.